The van der Waals surface area contributed by atoms with Crippen molar-refractivity contribution in [3.05, 3.63) is 47.4 Å². The average molecular weight is 173 g/mol. The molecule has 0 fully saturated rings. The van der Waals surface area contributed by atoms with Gasteiger partial charge in [-0.1, -0.05) is 43.5 Å². The number of benzene rings is 1. The third-order valence-corrected chi connectivity index (χ3v) is 1.98. The van der Waals surface area contributed by atoms with E-state index in [0.29, 0.717) is 0 Å². The van der Waals surface area contributed by atoms with Crippen LogP contribution < -0.4 is 15.8 Å². The Morgan fingerprint density at radius 3 is 2.69 bits per heavy atom. The van der Waals surface area contributed by atoms with E-state index in [2.05, 4.69) is 24.5 Å². The Morgan fingerprint density at radius 2 is 2.15 bits per heavy atom. The number of nitrogens with one attached hydrogen (secondary N) is 1. The van der Waals surface area contributed by atoms with Crippen LogP contribution in [0.5, 0.6) is 0 Å². The predicted octanol–water partition coefficient (Wildman–Crippen LogP) is 0.653. The molecule has 0 aromatic heterocycles. The Balaban J connectivity index is 3.36. The molecule has 1 rings (SSSR count). The maximum Gasteiger partial charge on any atom is 0.0208 e. The molecular weight excluding hydrogens is 158 g/mol. The van der Waals surface area contributed by atoms with E-state index in [0.717, 1.165) is 11.8 Å². The molecule has 0 amide bonds. The number of rotatable bonds is 3. The maximum absolute atomic E-state index is 3.98. The van der Waals surface area contributed by atoms with E-state index in [9.17, 15) is 0 Å². The molecule has 13 heavy (non-hydrogen) atoms. The largest absolute Gasteiger partial charge is 0.316 e. The lowest BCUT2D eigenvalue weighted by atomic mass is 10.1. The molecule has 0 aliphatic rings. The summed E-state index contributed by atoms with van der Waals surface area (Å²) >= 11 is 0. The monoisotopic (exact) mass is 173 g/mol. The summed E-state index contributed by atoms with van der Waals surface area (Å²) in [5.74, 6) is 0. The van der Waals surface area contributed by atoms with Gasteiger partial charge in [-0.25, -0.2) is 0 Å². The van der Waals surface area contributed by atoms with Gasteiger partial charge in [0, 0.05) is 6.54 Å². The minimum atomic E-state index is 0.829. The summed E-state index contributed by atoms with van der Waals surface area (Å²) in [6.07, 6.45) is 1.88. The zero-order chi connectivity index (χ0) is 9.68. The van der Waals surface area contributed by atoms with Crippen LogP contribution in [-0.4, -0.2) is 13.6 Å². The Morgan fingerprint density at radius 1 is 1.46 bits per heavy atom. The molecule has 1 aromatic rings. The number of hydrogen-bond donors (Lipinski definition) is 1. The van der Waals surface area contributed by atoms with Crippen LogP contribution in [0.25, 0.3) is 12.2 Å². The fourth-order valence-electron chi connectivity index (χ4n) is 1.30. The Kier molecular flexibility index (Phi) is 3.47. The molecule has 0 atom stereocenters. The minimum Gasteiger partial charge on any atom is -0.316 e. The van der Waals surface area contributed by atoms with Crippen molar-refractivity contribution in [3.8, 4) is 0 Å². The molecule has 0 spiro atoms. The van der Waals surface area contributed by atoms with Gasteiger partial charge in [0.2, 0.25) is 0 Å². The van der Waals surface area contributed by atoms with Crippen molar-refractivity contribution in [2.24, 2.45) is 0 Å². The van der Waals surface area contributed by atoms with Crippen LogP contribution in [-0.2, 0) is 0 Å². The highest BCUT2D eigenvalue weighted by Crippen LogP contribution is 1.89. The Labute approximate surface area is 79.1 Å². The molecule has 0 bridgehead atoms. The van der Waals surface area contributed by atoms with Crippen LogP contribution in [0, 0.1) is 0 Å². The van der Waals surface area contributed by atoms with Crippen molar-refractivity contribution in [2.45, 2.75) is 0 Å². The summed E-state index contributed by atoms with van der Waals surface area (Å²) in [5, 5.41) is 5.33. The normalized spacial score (nSPS) is 12.4. The van der Waals surface area contributed by atoms with E-state index in [1.165, 1.54) is 10.8 Å². The van der Waals surface area contributed by atoms with E-state index in [-0.39, 0.29) is 0 Å². The van der Waals surface area contributed by atoms with Gasteiger partial charge in [0.15, 0.2) is 0 Å². The van der Waals surface area contributed by atoms with Gasteiger partial charge in [0.1, 0.15) is 0 Å². The van der Waals surface area contributed by atoms with Crippen molar-refractivity contribution in [2.75, 3.05) is 13.6 Å². The van der Waals surface area contributed by atoms with Gasteiger partial charge in [-0.2, -0.15) is 0 Å². The van der Waals surface area contributed by atoms with Gasteiger partial charge in [-0.15, -0.1) is 0 Å². The van der Waals surface area contributed by atoms with Crippen molar-refractivity contribution in [1.29, 1.82) is 0 Å². The molecule has 0 saturated carbocycles. The molecule has 1 aromatic carbocycles. The van der Waals surface area contributed by atoms with Crippen LogP contribution >= 0.6 is 0 Å². The van der Waals surface area contributed by atoms with Crippen LogP contribution in [0.2, 0.25) is 0 Å². The van der Waals surface area contributed by atoms with Crippen molar-refractivity contribution >= 4 is 12.2 Å². The first-order chi connectivity index (χ1) is 6.29. The SMILES string of the molecule is C=C/C(CNC)=c1/ccccc1=C. The molecule has 68 valence electrons. The highest BCUT2D eigenvalue weighted by atomic mass is 14.8. The summed E-state index contributed by atoms with van der Waals surface area (Å²) in [5.41, 5.74) is 1.19. The van der Waals surface area contributed by atoms with Gasteiger partial charge in [0.05, 0.1) is 0 Å². The summed E-state index contributed by atoms with van der Waals surface area (Å²) in [6.45, 7) is 8.60. The van der Waals surface area contributed by atoms with Gasteiger partial charge in [-0.3, -0.25) is 0 Å². The maximum atomic E-state index is 3.98. The van der Waals surface area contributed by atoms with E-state index in [1.807, 2.05) is 31.3 Å². The third kappa shape index (κ3) is 2.30. The Bertz CT molecular complexity index is 390. The van der Waals surface area contributed by atoms with Crippen LogP contribution in [0.1, 0.15) is 0 Å². The molecular formula is C12H15N. The van der Waals surface area contributed by atoms with E-state index >= 15 is 0 Å². The van der Waals surface area contributed by atoms with Gasteiger partial charge in [-0.05, 0) is 23.1 Å². The lowest BCUT2D eigenvalue weighted by molar-refractivity contribution is 0.931. The van der Waals surface area contributed by atoms with E-state index in [1.54, 1.807) is 0 Å². The summed E-state index contributed by atoms with van der Waals surface area (Å²) in [4.78, 5) is 0. The van der Waals surface area contributed by atoms with Crippen molar-refractivity contribution in [1.82, 2.24) is 5.32 Å². The predicted molar refractivity (Wildman–Crippen MR) is 58.7 cm³/mol. The highest BCUT2D eigenvalue weighted by Gasteiger charge is 1.91. The topological polar surface area (TPSA) is 12.0 Å². The molecule has 1 nitrogen and oxygen atoms in total. The van der Waals surface area contributed by atoms with Crippen LogP contribution in [0.3, 0.4) is 0 Å². The molecule has 0 heterocycles. The van der Waals surface area contributed by atoms with Gasteiger partial charge in [0.25, 0.3) is 0 Å². The quantitative estimate of drug-likeness (QED) is 0.708. The number of hydrogen-bond acceptors (Lipinski definition) is 1. The fraction of sp³-hybridized carbons (Fsp3) is 0.167. The standard InChI is InChI=1S/C12H15N/c1-4-11(9-13-3)12-8-6-5-7-10(12)2/h4-8,13H,1-2,9H2,3H3/b12-11+. The second-order valence-electron chi connectivity index (χ2n) is 2.92. The summed E-state index contributed by atoms with van der Waals surface area (Å²) in [7, 11) is 1.93. The minimum absolute atomic E-state index is 0.829. The molecule has 0 unspecified atom stereocenters. The molecule has 0 saturated heterocycles. The molecule has 0 aliphatic heterocycles. The molecule has 1 N–H and O–H groups in total. The van der Waals surface area contributed by atoms with Gasteiger partial charge >= 0.3 is 0 Å². The highest BCUT2D eigenvalue weighted by molar-refractivity contribution is 5.57. The molecule has 0 aliphatic carbocycles. The van der Waals surface area contributed by atoms with Gasteiger partial charge < -0.3 is 5.32 Å². The van der Waals surface area contributed by atoms with Crippen LogP contribution in [0.15, 0.2) is 36.9 Å². The first kappa shape index (κ1) is 9.75. The zero-order valence-corrected chi connectivity index (χ0v) is 8.01. The summed E-state index contributed by atoms with van der Waals surface area (Å²) in [6, 6.07) is 8.08. The molecule has 1 heteroatoms. The Hall–Kier alpha value is -1.34. The van der Waals surface area contributed by atoms with Crippen molar-refractivity contribution in [3.63, 3.8) is 0 Å². The first-order valence-corrected chi connectivity index (χ1v) is 4.33. The van der Waals surface area contributed by atoms with E-state index in [4.69, 9.17) is 0 Å². The van der Waals surface area contributed by atoms with E-state index < -0.39 is 0 Å². The fourth-order valence-corrected chi connectivity index (χ4v) is 1.30. The average Bonchev–Trinajstić information content (AvgIpc) is 2.16. The lowest BCUT2D eigenvalue weighted by Crippen LogP contribution is -2.27. The molecule has 0 radical (unpaired) electrons. The third-order valence-electron chi connectivity index (χ3n) is 1.98. The van der Waals surface area contributed by atoms with Crippen molar-refractivity contribution < 1.29 is 0 Å². The second kappa shape index (κ2) is 4.63. The lowest BCUT2D eigenvalue weighted by Gasteiger charge is -2.00. The smallest absolute Gasteiger partial charge is 0.0208 e. The summed E-state index contributed by atoms with van der Waals surface area (Å²) < 4.78 is 0. The second-order valence-corrected chi connectivity index (χ2v) is 2.92. The first-order valence-electron chi connectivity index (χ1n) is 4.33. The zero-order valence-electron chi connectivity index (χ0n) is 8.01. The van der Waals surface area contributed by atoms with Crippen LogP contribution in [0.4, 0.5) is 0 Å².